The summed E-state index contributed by atoms with van der Waals surface area (Å²) in [5.74, 6) is 1.04. The van der Waals surface area contributed by atoms with Crippen LogP contribution in [0, 0.1) is 11.3 Å². The highest BCUT2D eigenvalue weighted by molar-refractivity contribution is 5.92. The zero-order valence-corrected chi connectivity index (χ0v) is 16.9. The predicted molar refractivity (Wildman–Crippen MR) is 106 cm³/mol. The highest BCUT2D eigenvalue weighted by Gasteiger charge is 2.38. The average Bonchev–Trinajstić information content (AvgIpc) is 3.21. The Hall–Kier alpha value is -3.86. The van der Waals surface area contributed by atoms with Crippen LogP contribution in [0.2, 0.25) is 0 Å². The van der Waals surface area contributed by atoms with Gasteiger partial charge in [-0.05, 0) is 50.2 Å². The van der Waals surface area contributed by atoms with Gasteiger partial charge in [0.1, 0.15) is 47.0 Å². The van der Waals surface area contributed by atoms with Crippen molar-refractivity contribution in [1.82, 2.24) is 0 Å². The Kier molecular flexibility index (Phi) is 6.32. The Balaban J connectivity index is 1.85. The van der Waals surface area contributed by atoms with Crippen LogP contribution in [0.5, 0.6) is 11.5 Å². The maximum Gasteiger partial charge on any atom is 0.338 e. The standard InChI is InChI=1S/C22H22N2O6/c1-4-27-22(25)19-13(2)29-21(24)17(11-23)20(19)18-10-9-16(30-18)12-28-15-7-5-14(26-3)6-8-15/h5-10,20H,4,12,24H2,1-3H3/t20-/m1/s1. The van der Waals surface area contributed by atoms with Gasteiger partial charge in [-0.3, -0.25) is 0 Å². The second-order valence-electron chi connectivity index (χ2n) is 6.38. The number of carbonyl (C=O) groups excluding carboxylic acids is 1. The van der Waals surface area contributed by atoms with E-state index in [-0.39, 0.29) is 36.0 Å². The number of esters is 1. The van der Waals surface area contributed by atoms with E-state index in [9.17, 15) is 10.1 Å². The maximum absolute atomic E-state index is 12.5. The number of hydrogen-bond acceptors (Lipinski definition) is 8. The van der Waals surface area contributed by atoms with Gasteiger partial charge < -0.3 is 29.1 Å². The Bertz CT molecular complexity index is 1030. The minimum Gasteiger partial charge on any atom is -0.497 e. The Morgan fingerprint density at radius 2 is 1.90 bits per heavy atom. The Morgan fingerprint density at radius 1 is 1.20 bits per heavy atom. The topological polar surface area (TPSA) is 117 Å². The number of furan rings is 1. The molecule has 0 saturated heterocycles. The van der Waals surface area contributed by atoms with Gasteiger partial charge in [-0.2, -0.15) is 5.26 Å². The monoisotopic (exact) mass is 410 g/mol. The summed E-state index contributed by atoms with van der Waals surface area (Å²) >= 11 is 0. The van der Waals surface area contributed by atoms with Gasteiger partial charge in [0.25, 0.3) is 0 Å². The van der Waals surface area contributed by atoms with E-state index in [0.717, 1.165) is 5.75 Å². The fourth-order valence-corrected chi connectivity index (χ4v) is 3.09. The SMILES string of the molecule is CCOC(=O)C1=C(C)OC(N)=C(C#N)[C@@H]1c1ccc(COc2ccc(OC)cc2)o1. The van der Waals surface area contributed by atoms with Gasteiger partial charge in [0.15, 0.2) is 0 Å². The van der Waals surface area contributed by atoms with Crippen LogP contribution in [0.4, 0.5) is 0 Å². The quantitative estimate of drug-likeness (QED) is 0.689. The van der Waals surface area contributed by atoms with Crippen LogP contribution in [0.1, 0.15) is 31.3 Å². The van der Waals surface area contributed by atoms with Gasteiger partial charge in [0.2, 0.25) is 5.88 Å². The van der Waals surface area contributed by atoms with Crippen LogP contribution >= 0.6 is 0 Å². The van der Waals surface area contributed by atoms with Gasteiger partial charge >= 0.3 is 5.97 Å². The number of hydrogen-bond donors (Lipinski definition) is 1. The van der Waals surface area contributed by atoms with Crippen molar-refractivity contribution in [3.8, 4) is 17.6 Å². The predicted octanol–water partition coefficient (Wildman–Crippen LogP) is 3.51. The van der Waals surface area contributed by atoms with E-state index in [1.165, 1.54) is 0 Å². The van der Waals surface area contributed by atoms with Crippen molar-refractivity contribution < 1.29 is 28.2 Å². The lowest BCUT2D eigenvalue weighted by atomic mass is 9.87. The van der Waals surface area contributed by atoms with E-state index in [2.05, 4.69) is 0 Å². The van der Waals surface area contributed by atoms with E-state index in [1.807, 2.05) is 6.07 Å². The number of methoxy groups -OCH3 is 1. The van der Waals surface area contributed by atoms with E-state index in [0.29, 0.717) is 17.3 Å². The molecule has 0 saturated carbocycles. The number of allylic oxidation sites excluding steroid dienone is 2. The van der Waals surface area contributed by atoms with Crippen molar-refractivity contribution in [1.29, 1.82) is 5.26 Å². The van der Waals surface area contributed by atoms with Crippen LogP contribution in [0.3, 0.4) is 0 Å². The first-order valence-corrected chi connectivity index (χ1v) is 9.29. The van der Waals surface area contributed by atoms with Crippen LogP contribution in [-0.2, 0) is 20.9 Å². The van der Waals surface area contributed by atoms with Crippen LogP contribution in [0.25, 0.3) is 0 Å². The first kappa shape index (κ1) is 20.9. The summed E-state index contributed by atoms with van der Waals surface area (Å²) < 4.78 is 27.3. The molecular formula is C22H22N2O6. The zero-order valence-electron chi connectivity index (χ0n) is 16.9. The molecule has 2 aromatic rings. The summed E-state index contributed by atoms with van der Waals surface area (Å²) in [6.07, 6.45) is 0. The number of ether oxygens (including phenoxy) is 4. The third-order valence-corrected chi connectivity index (χ3v) is 4.51. The van der Waals surface area contributed by atoms with Crippen LogP contribution < -0.4 is 15.2 Å². The van der Waals surface area contributed by atoms with E-state index < -0.39 is 11.9 Å². The molecule has 1 aromatic heterocycles. The largest absolute Gasteiger partial charge is 0.497 e. The summed E-state index contributed by atoms with van der Waals surface area (Å²) in [5, 5.41) is 9.59. The van der Waals surface area contributed by atoms with Crippen molar-refractivity contribution in [3.05, 3.63) is 70.7 Å². The first-order chi connectivity index (χ1) is 14.5. The van der Waals surface area contributed by atoms with Crippen LogP contribution in [0.15, 0.2) is 63.6 Å². The highest BCUT2D eigenvalue weighted by Crippen LogP contribution is 2.40. The minimum atomic E-state index is -0.822. The van der Waals surface area contributed by atoms with Crippen LogP contribution in [-0.4, -0.2) is 19.7 Å². The van der Waals surface area contributed by atoms with E-state index >= 15 is 0 Å². The average molecular weight is 410 g/mol. The van der Waals surface area contributed by atoms with Gasteiger partial charge in [-0.15, -0.1) is 0 Å². The molecule has 0 spiro atoms. The molecule has 8 heteroatoms. The molecule has 1 aromatic carbocycles. The van der Waals surface area contributed by atoms with Crippen molar-refractivity contribution in [2.45, 2.75) is 26.4 Å². The van der Waals surface area contributed by atoms with Crippen molar-refractivity contribution in [3.63, 3.8) is 0 Å². The molecule has 2 N–H and O–H groups in total. The third-order valence-electron chi connectivity index (χ3n) is 4.51. The number of rotatable bonds is 7. The molecule has 0 fully saturated rings. The molecule has 0 bridgehead atoms. The number of carbonyl (C=O) groups is 1. The maximum atomic E-state index is 12.5. The Labute approximate surface area is 174 Å². The molecule has 0 aliphatic carbocycles. The summed E-state index contributed by atoms with van der Waals surface area (Å²) in [6, 6.07) is 12.6. The van der Waals surface area contributed by atoms with E-state index in [1.54, 1.807) is 57.4 Å². The molecule has 1 aliphatic heterocycles. The van der Waals surface area contributed by atoms with Gasteiger partial charge in [-0.1, -0.05) is 0 Å². The lowest BCUT2D eigenvalue weighted by Crippen LogP contribution is -2.25. The molecular weight excluding hydrogens is 388 g/mol. The van der Waals surface area contributed by atoms with Crippen molar-refractivity contribution in [2.24, 2.45) is 5.73 Å². The number of nitrogens with zero attached hydrogens (tertiary/aromatic N) is 1. The molecule has 8 nitrogen and oxygen atoms in total. The summed E-state index contributed by atoms with van der Waals surface area (Å²) in [7, 11) is 1.59. The molecule has 156 valence electrons. The molecule has 1 atom stereocenters. The van der Waals surface area contributed by atoms with E-state index in [4.69, 9.17) is 29.1 Å². The zero-order chi connectivity index (χ0) is 21.7. The molecule has 1 aliphatic rings. The van der Waals surface area contributed by atoms with Gasteiger partial charge in [0.05, 0.1) is 25.2 Å². The minimum absolute atomic E-state index is 0.0690. The molecule has 2 heterocycles. The number of nitrogens with two attached hydrogens (primary N) is 1. The van der Waals surface area contributed by atoms with Crippen molar-refractivity contribution in [2.75, 3.05) is 13.7 Å². The summed E-state index contributed by atoms with van der Waals surface area (Å²) in [5.41, 5.74) is 6.15. The molecule has 0 amide bonds. The number of nitriles is 1. The van der Waals surface area contributed by atoms with Gasteiger partial charge in [-0.25, -0.2) is 4.79 Å². The third kappa shape index (κ3) is 4.25. The molecule has 0 radical (unpaired) electrons. The second-order valence-corrected chi connectivity index (χ2v) is 6.38. The van der Waals surface area contributed by atoms with Crippen molar-refractivity contribution >= 4 is 5.97 Å². The lowest BCUT2D eigenvalue weighted by Gasteiger charge is -2.25. The highest BCUT2D eigenvalue weighted by atomic mass is 16.5. The molecule has 3 rings (SSSR count). The summed E-state index contributed by atoms with van der Waals surface area (Å²) in [4.78, 5) is 12.5. The first-order valence-electron chi connectivity index (χ1n) is 9.29. The second kappa shape index (κ2) is 9.09. The summed E-state index contributed by atoms with van der Waals surface area (Å²) in [6.45, 7) is 3.64. The Morgan fingerprint density at radius 3 is 2.53 bits per heavy atom. The number of benzene rings is 1. The fourth-order valence-electron chi connectivity index (χ4n) is 3.09. The lowest BCUT2D eigenvalue weighted by molar-refractivity contribution is -0.139. The molecule has 30 heavy (non-hydrogen) atoms. The molecule has 0 unspecified atom stereocenters. The normalized spacial score (nSPS) is 16.0. The fraction of sp³-hybridized carbons (Fsp3) is 0.273. The van der Waals surface area contributed by atoms with Gasteiger partial charge in [0, 0.05) is 0 Å². The smallest absolute Gasteiger partial charge is 0.338 e.